The number of hydrogen-bond donors (Lipinski definition) is 2. The number of fused-ring (bicyclic) bond motifs is 1. The maximum absolute atomic E-state index is 12.9. The molecule has 3 rings (SSSR count). The minimum Gasteiger partial charge on any atom is -0.508 e. The summed E-state index contributed by atoms with van der Waals surface area (Å²) < 4.78 is 21.4. The third-order valence-electron chi connectivity index (χ3n) is 3.77. The van der Waals surface area contributed by atoms with Gasteiger partial charge in [-0.15, -0.1) is 0 Å². The van der Waals surface area contributed by atoms with Crippen LogP contribution >= 0.6 is 0 Å². The number of methoxy groups -OCH3 is 3. The fourth-order valence-corrected chi connectivity index (χ4v) is 2.65. The Labute approximate surface area is 142 Å². The van der Waals surface area contributed by atoms with Crippen molar-refractivity contribution in [2.24, 2.45) is 0 Å². The molecular formula is C18H16O7. The highest BCUT2D eigenvalue weighted by Crippen LogP contribution is 2.43. The summed E-state index contributed by atoms with van der Waals surface area (Å²) in [4.78, 5) is 12.9. The quantitative estimate of drug-likeness (QED) is 0.751. The molecular weight excluding hydrogens is 328 g/mol. The van der Waals surface area contributed by atoms with Crippen LogP contribution in [0.2, 0.25) is 0 Å². The van der Waals surface area contributed by atoms with E-state index >= 15 is 0 Å². The van der Waals surface area contributed by atoms with Crippen molar-refractivity contribution in [3.63, 3.8) is 0 Å². The van der Waals surface area contributed by atoms with Crippen LogP contribution in [-0.4, -0.2) is 31.5 Å². The number of aromatic hydroxyl groups is 2. The predicted molar refractivity (Wildman–Crippen MR) is 90.9 cm³/mol. The molecule has 1 heterocycles. The maximum atomic E-state index is 12.9. The van der Waals surface area contributed by atoms with Gasteiger partial charge in [0.25, 0.3) is 0 Å². The lowest BCUT2D eigenvalue weighted by Gasteiger charge is -2.14. The topological polar surface area (TPSA) is 98.4 Å². The number of phenols is 2. The molecule has 0 radical (unpaired) electrons. The molecule has 3 aromatic rings. The summed E-state index contributed by atoms with van der Waals surface area (Å²) in [6.45, 7) is 0. The molecule has 7 heteroatoms. The number of benzene rings is 2. The van der Waals surface area contributed by atoms with Gasteiger partial charge in [0.05, 0.1) is 21.3 Å². The fourth-order valence-electron chi connectivity index (χ4n) is 2.65. The average molecular weight is 344 g/mol. The summed E-state index contributed by atoms with van der Waals surface area (Å²) in [6, 6.07) is 7.38. The van der Waals surface area contributed by atoms with Crippen LogP contribution in [0.4, 0.5) is 0 Å². The SMILES string of the molecule is COc1c(O)cc2oc(-c3ccc(O)cc3)c(OC)c(=O)c2c1OC. The Kier molecular flexibility index (Phi) is 4.14. The lowest BCUT2D eigenvalue weighted by atomic mass is 10.1. The first-order valence-electron chi connectivity index (χ1n) is 7.30. The second kappa shape index (κ2) is 6.27. The van der Waals surface area contributed by atoms with Crippen LogP contribution < -0.4 is 19.6 Å². The highest BCUT2D eigenvalue weighted by Gasteiger charge is 2.24. The van der Waals surface area contributed by atoms with Crippen molar-refractivity contribution in [1.82, 2.24) is 0 Å². The molecule has 0 saturated carbocycles. The Morgan fingerprint density at radius 3 is 2.04 bits per heavy atom. The molecule has 0 aliphatic rings. The van der Waals surface area contributed by atoms with Crippen molar-refractivity contribution in [3.05, 3.63) is 40.6 Å². The molecule has 2 N–H and O–H groups in total. The summed E-state index contributed by atoms with van der Waals surface area (Å²) >= 11 is 0. The molecule has 1 aromatic heterocycles. The van der Waals surface area contributed by atoms with E-state index in [2.05, 4.69) is 0 Å². The molecule has 2 aromatic carbocycles. The Balaban J connectivity index is 2.42. The third-order valence-corrected chi connectivity index (χ3v) is 3.77. The first-order chi connectivity index (χ1) is 12.0. The zero-order chi connectivity index (χ0) is 18.1. The molecule has 0 aliphatic carbocycles. The second-order valence-corrected chi connectivity index (χ2v) is 5.18. The van der Waals surface area contributed by atoms with E-state index in [1.54, 1.807) is 12.1 Å². The third kappa shape index (κ3) is 2.59. The molecule has 0 amide bonds. The Morgan fingerprint density at radius 1 is 0.880 bits per heavy atom. The van der Waals surface area contributed by atoms with E-state index in [0.717, 1.165) is 0 Å². The second-order valence-electron chi connectivity index (χ2n) is 5.18. The zero-order valence-electron chi connectivity index (χ0n) is 13.8. The van der Waals surface area contributed by atoms with Crippen LogP contribution in [0.3, 0.4) is 0 Å². The van der Waals surface area contributed by atoms with Gasteiger partial charge < -0.3 is 28.8 Å². The van der Waals surface area contributed by atoms with Gasteiger partial charge in [0.1, 0.15) is 16.7 Å². The molecule has 0 fully saturated rings. The van der Waals surface area contributed by atoms with Crippen LogP contribution in [0.5, 0.6) is 28.7 Å². The maximum Gasteiger partial charge on any atom is 0.239 e. The van der Waals surface area contributed by atoms with Crippen LogP contribution in [0.15, 0.2) is 39.5 Å². The smallest absolute Gasteiger partial charge is 0.239 e. The minimum atomic E-state index is -0.470. The first-order valence-corrected chi connectivity index (χ1v) is 7.30. The van der Waals surface area contributed by atoms with Crippen molar-refractivity contribution in [1.29, 1.82) is 0 Å². The van der Waals surface area contributed by atoms with Crippen molar-refractivity contribution in [2.45, 2.75) is 0 Å². The largest absolute Gasteiger partial charge is 0.508 e. The van der Waals surface area contributed by atoms with Crippen molar-refractivity contribution in [3.8, 4) is 40.1 Å². The van der Waals surface area contributed by atoms with E-state index in [9.17, 15) is 15.0 Å². The van der Waals surface area contributed by atoms with Gasteiger partial charge in [-0.05, 0) is 24.3 Å². The molecule has 25 heavy (non-hydrogen) atoms. The molecule has 7 nitrogen and oxygen atoms in total. The Hall–Kier alpha value is -3.35. The van der Waals surface area contributed by atoms with E-state index in [1.165, 1.54) is 39.5 Å². The van der Waals surface area contributed by atoms with Gasteiger partial charge in [-0.1, -0.05) is 0 Å². The van der Waals surface area contributed by atoms with Crippen LogP contribution in [-0.2, 0) is 0 Å². The number of phenolic OH excluding ortho intramolecular Hbond substituents is 2. The zero-order valence-corrected chi connectivity index (χ0v) is 13.8. The van der Waals surface area contributed by atoms with Crippen LogP contribution in [0.1, 0.15) is 0 Å². The first kappa shape index (κ1) is 16.5. The predicted octanol–water partition coefficient (Wildman–Crippen LogP) is 2.90. The highest BCUT2D eigenvalue weighted by atomic mass is 16.5. The van der Waals surface area contributed by atoms with E-state index in [0.29, 0.717) is 5.56 Å². The number of ether oxygens (including phenoxy) is 3. The van der Waals surface area contributed by atoms with Gasteiger partial charge in [0.15, 0.2) is 17.3 Å². The molecule has 0 bridgehead atoms. The van der Waals surface area contributed by atoms with E-state index < -0.39 is 5.43 Å². The van der Waals surface area contributed by atoms with Crippen LogP contribution in [0, 0.1) is 0 Å². The molecule has 0 atom stereocenters. The lowest BCUT2D eigenvalue weighted by molar-refractivity contribution is 0.334. The monoisotopic (exact) mass is 344 g/mol. The van der Waals surface area contributed by atoms with Crippen LogP contribution in [0.25, 0.3) is 22.3 Å². The molecule has 0 spiro atoms. The van der Waals surface area contributed by atoms with Crippen molar-refractivity contribution in [2.75, 3.05) is 21.3 Å². The molecule has 0 unspecified atom stereocenters. The van der Waals surface area contributed by atoms with Gasteiger partial charge in [-0.25, -0.2) is 0 Å². The summed E-state index contributed by atoms with van der Waals surface area (Å²) in [6.07, 6.45) is 0. The van der Waals surface area contributed by atoms with E-state index in [1.807, 2.05) is 0 Å². The normalized spacial score (nSPS) is 10.7. The molecule has 130 valence electrons. The number of rotatable bonds is 4. The number of hydrogen-bond acceptors (Lipinski definition) is 7. The summed E-state index contributed by atoms with van der Waals surface area (Å²) in [5.41, 5.74) is 0.175. The molecule has 0 aliphatic heterocycles. The van der Waals surface area contributed by atoms with Gasteiger partial charge in [-0.3, -0.25) is 4.79 Å². The Bertz CT molecular complexity index is 987. The highest BCUT2D eigenvalue weighted by molar-refractivity contribution is 5.91. The standard InChI is InChI=1S/C18H16O7/c1-22-16-11(20)8-12-13(17(16)23-2)14(21)18(24-3)15(25-12)9-4-6-10(19)7-5-9/h4-8,19-20H,1-3H3. The average Bonchev–Trinajstić information content (AvgIpc) is 2.61. The van der Waals surface area contributed by atoms with E-state index in [-0.39, 0.29) is 45.5 Å². The van der Waals surface area contributed by atoms with Crippen molar-refractivity contribution < 1.29 is 28.8 Å². The molecule has 0 saturated heterocycles. The van der Waals surface area contributed by atoms with E-state index in [4.69, 9.17) is 18.6 Å². The van der Waals surface area contributed by atoms with Gasteiger partial charge >= 0.3 is 0 Å². The van der Waals surface area contributed by atoms with Crippen molar-refractivity contribution >= 4 is 11.0 Å². The summed E-state index contributed by atoms with van der Waals surface area (Å²) in [7, 11) is 4.07. The summed E-state index contributed by atoms with van der Waals surface area (Å²) in [5, 5.41) is 19.6. The minimum absolute atomic E-state index is 0.0239. The van der Waals surface area contributed by atoms with Gasteiger partial charge in [0, 0.05) is 11.6 Å². The van der Waals surface area contributed by atoms with Gasteiger partial charge in [0.2, 0.25) is 16.9 Å². The lowest BCUT2D eigenvalue weighted by Crippen LogP contribution is -2.09. The summed E-state index contributed by atoms with van der Waals surface area (Å²) in [5.74, 6) is 0.0890. The fraction of sp³-hybridized carbons (Fsp3) is 0.167. The van der Waals surface area contributed by atoms with Gasteiger partial charge in [-0.2, -0.15) is 0 Å². The Morgan fingerprint density at radius 2 is 1.48 bits per heavy atom.